The van der Waals surface area contributed by atoms with E-state index in [0.29, 0.717) is 30.5 Å². The maximum atomic E-state index is 14.4. The summed E-state index contributed by atoms with van der Waals surface area (Å²) in [7, 11) is -1.66. The molecule has 10 nitrogen and oxygen atoms in total. The van der Waals surface area contributed by atoms with Crippen molar-refractivity contribution in [2.45, 2.75) is 50.4 Å². The first-order valence-electron chi connectivity index (χ1n) is 10.6. The van der Waals surface area contributed by atoms with Crippen LogP contribution in [0, 0.1) is 0 Å². The molecule has 4 rings (SSSR count). The summed E-state index contributed by atoms with van der Waals surface area (Å²) >= 11 is 6.04. The first-order valence-corrected chi connectivity index (χ1v) is 12.6. The van der Waals surface area contributed by atoms with Crippen molar-refractivity contribution < 1.29 is 12.8 Å². The minimum Gasteiger partial charge on any atom is -0.353 e. The number of nitrogens with zero attached hydrogens (tertiary/aromatic N) is 5. The Morgan fingerprint density at radius 3 is 2.74 bits per heavy atom. The number of rotatable bonds is 8. The van der Waals surface area contributed by atoms with Crippen molar-refractivity contribution in [2.75, 3.05) is 42.7 Å². The summed E-state index contributed by atoms with van der Waals surface area (Å²) < 4.78 is 43.3. The van der Waals surface area contributed by atoms with Crippen LogP contribution in [0.4, 0.5) is 16.3 Å². The van der Waals surface area contributed by atoms with Crippen LogP contribution >= 0.6 is 11.6 Å². The van der Waals surface area contributed by atoms with E-state index in [-0.39, 0.29) is 36.1 Å². The number of hydrogen-bond donors (Lipinski definition) is 3. The highest BCUT2D eigenvalue weighted by Crippen LogP contribution is 2.22. The number of aromatic nitrogens is 4. The average Bonchev–Trinajstić information content (AvgIpc) is 3.35. The van der Waals surface area contributed by atoms with Crippen LogP contribution in [0.1, 0.15) is 32.1 Å². The summed E-state index contributed by atoms with van der Waals surface area (Å²) in [5.74, 6) is 0.573. The van der Waals surface area contributed by atoms with Gasteiger partial charge in [0.1, 0.15) is 6.17 Å². The van der Waals surface area contributed by atoms with E-state index in [2.05, 4.69) is 30.4 Å². The maximum Gasteiger partial charge on any atom is 0.230 e. The molecular weight excluding hydrogens is 447 g/mol. The zero-order chi connectivity index (χ0) is 22.0. The minimum atomic E-state index is -3.41. The lowest BCUT2D eigenvalue weighted by atomic mass is 10.0. The summed E-state index contributed by atoms with van der Waals surface area (Å²) in [4.78, 5) is 10.7. The fraction of sp³-hybridized carbons (Fsp3) is 0.722. The first kappa shape index (κ1) is 22.4. The van der Waals surface area contributed by atoms with E-state index in [0.717, 1.165) is 25.7 Å². The number of alkyl halides is 1. The molecule has 0 unspecified atom stereocenters. The second kappa shape index (κ2) is 9.39. The molecule has 0 amide bonds. The quantitative estimate of drug-likeness (QED) is 0.522. The zero-order valence-electron chi connectivity index (χ0n) is 17.4. The first-order chi connectivity index (χ1) is 14.8. The number of hydrogen-bond acceptors (Lipinski definition) is 8. The van der Waals surface area contributed by atoms with Crippen LogP contribution in [-0.2, 0) is 10.0 Å². The Hall–Kier alpha value is -1.76. The van der Waals surface area contributed by atoms with E-state index >= 15 is 0 Å². The molecule has 0 bridgehead atoms. The van der Waals surface area contributed by atoms with Crippen LogP contribution in [0.3, 0.4) is 0 Å². The summed E-state index contributed by atoms with van der Waals surface area (Å²) in [5, 5.41) is 10.4. The Balaban J connectivity index is 1.47. The fourth-order valence-electron chi connectivity index (χ4n) is 4.17. The number of halogens is 2. The van der Waals surface area contributed by atoms with Crippen LogP contribution in [0.15, 0.2) is 6.07 Å². The minimum absolute atomic E-state index is 0.0291. The number of piperidine rings is 1. The Morgan fingerprint density at radius 2 is 2.03 bits per heavy atom. The van der Waals surface area contributed by atoms with E-state index in [1.807, 2.05) is 0 Å². The number of nitrogens with one attached hydrogen (secondary N) is 3. The molecule has 2 aliphatic rings. The highest BCUT2D eigenvalue weighted by atomic mass is 35.5. The summed E-state index contributed by atoms with van der Waals surface area (Å²) in [5.41, 5.74) is 0.454. The molecule has 1 aliphatic carbocycles. The van der Waals surface area contributed by atoms with Crippen LogP contribution in [0.5, 0.6) is 0 Å². The van der Waals surface area contributed by atoms with Gasteiger partial charge in [0.2, 0.25) is 21.9 Å². The highest BCUT2D eigenvalue weighted by molar-refractivity contribution is 7.89. The predicted octanol–water partition coefficient (Wildman–Crippen LogP) is 1.19. The van der Waals surface area contributed by atoms with Gasteiger partial charge in [-0.3, -0.25) is 0 Å². The summed E-state index contributed by atoms with van der Waals surface area (Å²) in [6.45, 7) is 0.907. The molecule has 2 aromatic rings. The molecule has 31 heavy (non-hydrogen) atoms. The number of sulfonamides is 1. The Morgan fingerprint density at radius 1 is 1.26 bits per heavy atom. The molecule has 13 heteroatoms. The lowest BCUT2D eigenvalue weighted by Crippen LogP contribution is -2.50. The largest absolute Gasteiger partial charge is 0.353 e. The molecule has 0 spiro atoms. The van der Waals surface area contributed by atoms with Crippen molar-refractivity contribution in [2.24, 2.45) is 0 Å². The van der Waals surface area contributed by atoms with Crippen LogP contribution in [-0.4, -0.2) is 78.7 Å². The summed E-state index contributed by atoms with van der Waals surface area (Å²) in [6.07, 6.45) is 3.45. The second-order valence-electron chi connectivity index (χ2n) is 8.08. The molecule has 3 N–H and O–H groups in total. The fourth-order valence-corrected chi connectivity index (χ4v) is 5.57. The molecule has 1 aliphatic heterocycles. The van der Waals surface area contributed by atoms with Gasteiger partial charge in [-0.2, -0.15) is 19.6 Å². The number of fused-ring (bicyclic) bond motifs is 1. The Labute approximate surface area is 186 Å². The molecule has 1 saturated heterocycles. The van der Waals surface area contributed by atoms with Gasteiger partial charge >= 0.3 is 0 Å². The standard InChI is InChI=1S/C18H28ClFN8O2S/c1-21-14-6-8-27(11-13(14)20)18-23-16-10-15(19)25-28(16)17(24-18)22-7-9-31(29,30)26-12-4-2-3-5-12/h10,12-14,21,26H,2-9,11H2,1H3,(H,22,23,24)/t13-,14-/m1/s1. The summed E-state index contributed by atoms with van der Waals surface area (Å²) in [6, 6.07) is 1.42. The SMILES string of the molecule is CN[C@@H]1CCN(c2nc(NCCS(=O)(=O)NC3CCCC3)n3nc(Cl)cc3n2)C[C@H]1F. The average molecular weight is 475 g/mol. The Kier molecular flexibility index (Phi) is 6.80. The molecule has 172 valence electrons. The molecule has 0 radical (unpaired) electrons. The zero-order valence-corrected chi connectivity index (χ0v) is 19.0. The van der Waals surface area contributed by atoms with E-state index in [1.54, 1.807) is 18.0 Å². The van der Waals surface area contributed by atoms with Crippen LogP contribution in [0.2, 0.25) is 5.15 Å². The van der Waals surface area contributed by atoms with Crippen molar-refractivity contribution in [3.8, 4) is 0 Å². The highest BCUT2D eigenvalue weighted by Gasteiger charge is 2.30. The predicted molar refractivity (Wildman–Crippen MR) is 118 cm³/mol. The topological polar surface area (TPSA) is 117 Å². The van der Waals surface area contributed by atoms with Gasteiger partial charge in [0.15, 0.2) is 10.8 Å². The maximum absolute atomic E-state index is 14.4. The Bertz CT molecular complexity index is 1010. The van der Waals surface area contributed by atoms with E-state index in [4.69, 9.17) is 11.6 Å². The third-order valence-electron chi connectivity index (χ3n) is 5.83. The lowest BCUT2D eigenvalue weighted by molar-refractivity contribution is 0.226. The molecule has 2 atom stereocenters. The van der Waals surface area contributed by atoms with Crippen molar-refractivity contribution in [1.29, 1.82) is 0 Å². The van der Waals surface area contributed by atoms with Gasteiger partial charge in [0, 0.05) is 31.2 Å². The molecule has 2 aromatic heterocycles. The van der Waals surface area contributed by atoms with Crippen LogP contribution < -0.4 is 20.3 Å². The van der Waals surface area contributed by atoms with E-state index in [9.17, 15) is 12.8 Å². The monoisotopic (exact) mass is 474 g/mol. The normalized spacial score (nSPS) is 23.0. The van der Waals surface area contributed by atoms with Crippen molar-refractivity contribution >= 4 is 39.2 Å². The molecule has 1 saturated carbocycles. The second-order valence-corrected chi connectivity index (χ2v) is 10.3. The van der Waals surface area contributed by atoms with Gasteiger partial charge in [-0.05, 0) is 26.3 Å². The van der Waals surface area contributed by atoms with Gasteiger partial charge < -0.3 is 15.5 Å². The van der Waals surface area contributed by atoms with Gasteiger partial charge in [0.05, 0.1) is 12.3 Å². The van der Waals surface area contributed by atoms with Crippen molar-refractivity contribution in [3.63, 3.8) is 0 Å². The third-order valence-corrected chi connectivity index (χ3v) is 7.45. The molecule has 3 heterocycles. The molecule has 2 fully saturated rings. The molecule has 0 aromatic carbocycles. The third kappa shape index (κ3) is 5.36. The molecular formula is C18H28ClFN8O2S. The van der Waals surface area contributed by atoms with Crippen molar-refractivity contribution in [3.05, 3.63) is 11.2 Å². The van der Waals surface area contributed by atoms with E-state index < -0.39 is 16.2 Å². The van der Waals surface area contributed by atoms with Crippen LogP contribution in [0.25, 0.3) is 5.65 Å². The van der Waals surface area contributed by atoms with Crippen molar-refractivity contribution in [1.82, 2.24) is 29.6 Å². The lowest BCUT2D eigenvalue weighted by Gasteiger charge is -2.34. The number of anilines is 2. The van der Waals surface area contributed by atoms with E-state index in [1.165, 1.54) is 4.52 Å². The van der Waals surface area contributed by atoms with Gasteiger partial charge in [0.25, 0.3) is 0 Å². The van der Waals surface area contributed by atoms with Gasteiger partial charge in [-0.15, -0.1) is 0 Å². The van der Waals surface area contributed by atoms with Gasteiger partial charge in [-0.1, -0.05) is 24.4 Å². The smallest absolute Gasteiger partial charge is 0.230 e. The van der Waals surface area contributed by atoms with Gasteiger partial charge in [-0.25, -0.2) is 17.5 Å².